The molecule has 1 saturated carbocycles. The van der Waals surface area contributed by atoms with Gasteiger partial charge in [0.2, 0.25) is 5.91 Å². The number of hydrazone groups is 1. The number of amides is 2. The van der Waals surface area contributed by atoms with Crippen molar-refractivity contribution in [2.45, 2.75) is 63.8 Å². The van der Waals surface area contributed by atoms with Crippen LogP contribution in [0.1, 0.15) is 57.8 Å². The Morgan fingerprint density at radius 2 is 1.88 bits per heavy atom. The van der Waals surface area contributed by atoms with Crippen molar-refractivity contribution in [3.63, 3.8) is 0 Å². The molecule has 0 radical (unpaired) electrons. The molecule has 2 saturated heterocycles. The summed E-state index contributed by atoms with van der Waals surface area (Å²) in [7, 11) is -3.10. The molecule has 1 spiro atoms. The molecule has 2 amide bonds. The number of hydrogen-bond donors (Lipinski definition) is 0. The number of rotatable bonds is 2. The van der Waals surface area contributed by atoms with E-state index in [9.17, 15) is 18.0 Å². The summed E-state index contributed by atoms with van der Waals surface area (Å²) in [4.78, 5) is 27.1. The molecule has 1 aliphatic carbocycles. The molecule has 3 fully saturated rings. The van der Waals surface area contributed by atoms with Gasteiger partial charge >= 0.3 is 0 Å². The van der Waals surface area contributed by atoms with Gasteiger partial charge < -0.3 is 4.90 Å². The van der Waals surface area contributed by atoms with E-state index in [0.717, 1.165) is 19.5 Å². The van der Waals surface area contributed by atoms with E-state index in [4.69, 9.17) is 0 Å². The minimum Gasteiger partial charge on any atom is -0.337 e. The van der Waals surface area contributed by atoms with Crippen LogP contribution in [-0.4, -0.2) is 66.5 Å². The van der Waals surface area contributed by atoms with Crippen LogP contribution in [0.3, 0.4) is 0 Å². The highest BCUT2D eigenvalue weighted by atomic mass is 32.2. The molecule has 144 valence electrons. The minimum absolute atomic E-state index is 0.0451. The van der Waals surface area contributed by atoms with Crippen molar-refractivity contribution in [3.8, 4) is 0 Å². The van der Waals surface area contributed by atoms with E-state index < -0.39 is 15.9 Å². The predicted molar refractivity (Wildman–Crippen MR) is 97.3 cm³/mol. The van der Waals surface area contributed by atoms with Crippen LogP contribution in [0.2, 0.25) is 0 Å². The molecule has 8 heteroatoms. The summed E-state index contributed by atoms with van der Waals surface area (Å²) in [5.41, 5.74) is 0.708. The second-order valence-electron chi connectivity index (χ2n) is 8.38. The molecular weight excluding hydrogens is 354 g/mol. The number of hydrogen-bond acceptors (Lipinski definition) is 5. The molecule has 4 rings (SSSR count). The Labute approximate surface area is 154 Å². The maximum absolute atomic E-state index is 13.0. The van der Waals surface area contributed by atoms with Crippen LogP contribution in [0.25, 0.3) is 0 Å². The molecule has 1 atom stereocenters. The highest BCUT2D eigenvalue weighted by Gasteiger charge is 2.42. The van der Waals surface area contributed by atoms with Gasteiger partial charge in [0, 0.05) is 25.9 Å². The summed E-state index contributed by atoms with van der Waals surface area (Å²) in [6, 6.07) is -0.418. The second kappa shape index (κ2) is 6.62. The van der Waals surface area contributed by atoms with Crippen LogP contribution >= 0.6 is 0 Å². The van der Waals surface area contributed by atoms with E-state index >= 15 is 0 Å². The molecule has 0 unspecified atom stereocenters. The zero-order chi connectivity index (χ0) is 18.4. The summed E-state index contributed by atoms with van der Waals surface area (Å²) < 4.78 is 23.4. The van der Waals surface area contributed by atoms with Gasteiger partial charge in [-0.2, -0.15) is 5.10 Å². The molecule has 0 aromatic rings. The van der Waals surface area contributed by atoms with E-state index in [1.54, 1.807) is 0 Å². The smallest absolute Gasteiger partial charge is 0.270 e. The van der Waals surface area contributed by atoms with Crippen LogP contribution in [0, 0.1) is 5.41 Å². The monoisotopic (exact) mass is 381 g/mol. The molecule has 0 bridgehead atoms. The predicted octanol–water partition coefficient (Wildman–Crippen LogP) is 1.33. The third-order valence-corrected chi connectivity index (χ3v) is 8.25. The average molecular weight is 381 g/mol. The van der Waals surface area contributed by atoms with E-state index in [2.05, 4.69) is 5.10 Å². The van der Waals surface area contributed by atoms with Crippen LogP contribution in [0.15, 0.2) is 5.10 Å². The fourth-order valence-electron chi connectivity index (χ4n) is 4.98. The van der Waals surface area contributed by atoms with Crippen LogP contribution < -0.4 is 0 Å². The van der Waals surface area contributed by atoms with E-state index in [0.29, 0.717) is 18.6 Å². The van der Waals surface area contributed by atoms with Gasteiger partial charge in [0.15, 0.2) is 9.84 Å². The third kappa shape index (κ3) is 3.40. The Morgan fingerprint density at radius 3 is 2.58 bits per heavy atom. The van der Waals surface area contributed by atoms with Crippen molar-refractivity contribution >= 4 is 27.4 Å². The van der Waals surface area contributed by atoms with E-state index in [1.807, 2.05) is 4.90 Å². The number of likely N-dealkylation sites (tertiary alicyclic amines) is 1. The maximum Gasteiger partial charge on any atom is 0.270 e. The zero-order valence-electron chi connectivity index (χ0n) is 15.2. The highest BCUT2D eigenvalue weighted by Crippen LogP contribution is 2.43. The molecule has 0 N–H and O–H groups in total. The third-order valence-electron chi connectivity index (χ3n) is 6.50. The zero-order valence-corrected chi connectivity index (χ0v) is 16.0. The quantitative estimate of drug-likeness (QED) is 0.722. The Bertz CT molecular complexity index is 740. The highest BCUT2D eigenvalue weighted by molar-refractivity contribution is 7.91. The Balaban J connectivity index is 1.47. The van der Waals surface area contributed by atoms with Crippen molar-refractivity contribution < 1.29 is 18.0 Å². The number of carbonyl (C=O) groups excluding carboxylic acids is 2. The lowest BCUT2D eigenvalue weighted by atomic mass is 9.73. The first-order valence-corrected chi connectivity index (χ1v) is 11.6. The van der Waals surface area contributed by atoms with Crippen LogP contribution in [0.5, 0.6) is 0 Å². The van der Waals surface area contributed by atoms with Crippen molar-refractivity contribution in [3.05, 3.63) is 0 Å². The molecule has 3 aliphatic heterocycles. The van der Waals surface area contributed by atoms with Gasteiger partial charge in [0.1, 0.15) is 5.71 Å². The SMILES string of the molecule is O=C(C1=NN([C@@H]2CCS(=O)(=O)C2)C(=O)CC1)N1CCC2(CCCCC2)C1. The summed E-state index contributed by atoms with van der Waals surface area (Å²) in [6.45, 7) is 1.57. The van der Waals surface area contributed by atoms with Gasteiger partial charge in [0.25, 0.3) is 5.91 Å². The Morgan fingerprint density at radius 1 is 1.12 bits per heavy atom. The lowest BCUT2D eigenvalue weighted by molar-refractivity contribution is -0.134. The van der Waals surface area contributed by atoms with Crippen molar-refractivity contribution in [2.75, 3.05) is 24.6 Å². The van der Waals surface area contributed by atoms with Crippen LogP contribution in [-0.2, 0) is 19.4 Å². The maximum atomic E-state index is 13.0. The Kier molecular flexibility index (Phi) is 4.57. The molecular formula is C18H27N3O4S. The number of sulfone groups is 1. The molecule has 26 heavy (non-hydrogen) atoms. The van der Waals surface area contributed by atoms with Gasteiger partial charge in [-0.1, -0.05) is 19.3 Å². The molecule has 4 aliphatic rings. The average Bonchev–Trinajstić information content (AvgIpc) is 3.19. The summed E-state index contributed by atoms with van der Waals surface area (Å²) in [5.74, 6) is -0.189. The summed E-state index contributed by atoms with van der Waals surface area (Å²) in [5, 5.41) is 5.62. The fraction of sp³-hybridized carbons (Fsp3) is 0.833. The van der Waals surface area contributed by atoms with Gasteiger partial charge in [0.05, 0.1) is 17.5 Å². The topological polar surface area (TPSA) is 87.1 Å². The minimum atomic E-state index is -3.10. The van der Waals surface area contributed by atoms with E-state index in [-0.39, 0.29) is 35.2 Å². The molecule has 3 heterocycles. The lowest BCUT2D eigenvalue weighted by Gasteiger charge is -2.33. The van der Waals surface area contributed by atoms with Gasteiger partial charge in [-0.3, -0.25) is 9.59 Å². The van der Waals surface area contributed by atoms with Gasteiger partial charge in [-0.15, -0.1) is 0 Å². The van der Waals surface area contributed by atoms with Crippen molar-refractivity contribution in [1.82, 2.24) is 9.91 Å². The second-order valence-corrected chi connectivity index (χ2v) is 10.6. The van der Waals surface area contributed by atoms with Crippen LogP contribution in [0.4, 0.5) is 0 Å². The first kappa shape index (κ1) is 17.9. The normalized spacial score (nSPS) is 30.7. The van der Waals surface area contributed by atoms with Gasteiger partial charge in [-0.05, 0) is 31.1 Å². The number of nitrogens with zero attached hydrogens (tertiary/aromatic N) is 3. The standard InChI is InChI=1S/C18H27N3O4S/c22-16-5-4-15(19-21(16)14-6-11-26(24,25)12-14)17(23)20-10-9-18(13-20)7-2-1-3-8-18/h14H,1-13H2/t14-/m1/s1. The molecule has 7 nitrogen and oxygen atoms in total. The Hall–Kier alpha value is -1.44. The summed E-state index contributed by atoms with van der Waals surface area (Å²) >= 11 is 0. The first-order chi connectivity index (χ1) is 12.4. The lowest BCUT2D eigenvalue weighted by Crippen LogP contribution is -2.45. The van der Waals surface area contributed by atoms with E-state index in [1.165, 1.54) is 37.1 Å². The fourth-order valence-corrected chi connectivity index (χ4v) is 6.67. The summed E-state index contributed by atoms with van der Waals surface area (Å²) in [6.07, 6.45) is 8.27. The molecule has 0 aromatic heterocycles. The first-order valence-electron chi connectivity index (χ1n) is 9.77. The van der Waals surface area contributed by atoms with Crippen molar-refractivity contribution in [1.29, 1.82) is 0 Å². The van der Waals surface area contributed by atoms with Crippen molar-refractivity contribution in [2.24, 2.45) is 10.5 Å². The largest absolute Gasteiger partial charge is 0.337 e. The molecule has 0 aromatic carbocycles. The van der Waals surface area contributed by atoms with Gasteiger partial charge in [-0.25, -0.2) is 13.4 Å². The number of carbonyl (C=O) groups is 2.